The summed E-state index contributed by atoms with van der Waals surface area (Å²) in [6.07, 6.45) is -2.70. The van der Waals surface area contributed by atoms with Crippen molar-refractivity contribution in [1.29, 1.82) is 0 Å². The van der Waals surface area contributed by atoms with E-state index in [-0.39, 0.29) is 55.2 Å². The summed E-state index contributed by atoms with van der Waals surface area (Å²) in [6, 6.07) is 3.25. The molecule has 70 heavy (non-hydrogen) atoms. The Morgan fingerprint density at radius 2 is 1.53 bits per heavy atom. The van der Waals surface area contributed by atoms with Gasteiger partial charge in [0.05, 0.1) is 52.6 Å². The Labute approximate surface area is 420 Å². The molecule has 6 aliphatic rings. The third-order valence-corrected chi connectivity index (χ3v) is 17.2. The Bertz CT molecular complexity index is 1980. The lowest BCUT2D eigenvalue weighted by Gasteiger charge is -2.50. The summed E-state index contributed by atoms with van der Waals surface area (Å²) in [4.78, 5) is 48.3. The summed E-state index contributed by atoms with van der Waals surface area (Å²) in [5.74, 6) is -3.49. The fraction of sp³-hybridized carbons (Fsp3) is 0.830. The lowest BCUT2D eigenvalue weighted by atomic mass is 9.73. The Morgan fingerprint density at radius 1 is 0.886 bits per heavy atom. The highest BCUT2D eigenvalue weighted by Gasteiger charge is 2.61. The van der Waals surface area contributed by atoms with Crippen molar-refractivity contribution in [3.63, 3.8) is 0 Å². The first-order valence-corrected chi connectivity index (χ1v) is 26.3. The van der Waals surface area contributed by atoms with Crippen molar-refractivity contribution < 1.29 is 66.9 Å². The maximum absolute atomic E-state index is 15.2. The number of cyclic esters (lactones) is 1. The standard InChI is InChI=1S/C53H82ClFN2O13/c1-13-40-53(10)45(57(50(62)70-53)21-20-34-18-19-38(55)37(54)23-34)30(4)42(58)28(2)24-52(9,64-12)47(69-49-43(59)39(22-29(3)65-49)56(26-35-14-15-35)27-36-16-17-36)31(5)44(32(6)48(61)67-40)68-41-25-51(8,63-11)46(60)33(7)66-41/h18-19,23,28-33,35-36,39-41,43-47,49,59-60H,13-17,20-22,24-27H2,1-12H3/t28-,29-,30+,31+,32-,33+,39+,40-,41?,43-,44+,45-,46+,47-,49?,51-,52+,53-/m1/s1. The van der Waals surface area contributed by atoms with E-state index >= 15 is 9.59 Å². The molecular formula is C53H82ClFN2O13. The van der Waals surface area contributed by atoms with Gasteiger partial charge in [-0.3, -0.25) is 19.4 Å². The number of amides is 1. The van der Waals surface area contributed by atoms with Crippen LogP contribution in [0.3, 0.4) is 0 Å². The van der Waals surface area contributed by atoms with E-state index in [1.54, 1.807) is 47.8 Å². The summed E-state index contributed by atoms with van der Waals surface area (Å²) in [7, 11) is 3.08. The smallest absolute Gasteiger partial charge is 0.410 e. The van der Waals surface area contributed by atoms with Crippen LogP contribution in [0, 0.1) is 41.3 Å². The predicted octanol–water partition coefficient (Wildman–Crippen LogP) is 7.50. The molecular weight excluding hydrogens is 927 g/mol. The van der Waals surface area contributed by atoms with Crippen LogP contribution in [-0.4, -0.2) is 156 Å². The Morgan fingerprint density at radius 3 is 2.11 bits per heavy atom. The van der Waals surface area contributed by atoms with Gasteiger partial charge in [-0.2, -0.15) is 0 Å². The minimum absolute atomic E-state index is 0.0493. The number of nitrogens with zero attached hydrogens (tertiary/aromatic N) is 2. The quantitative estimate of drug-likeness (QED) is 0.166. The molecule has 15 nitrogen and oxygen atoms in total. The highest BCUT2D eigenvalue weighted by molar-refractivity contribution is 6.30. The highest BCUT2D eigenvalue weighted by Crippen LogP contribution is 2.45. The molecule has 17 heteroatoms. The van der Waals surface area contributed by atoms with E-state index in [9.17, 15) is 19.4 Å². The van der Waals surface area contributed by atoms with Crippen molar-refractivity contribution >= 4 is 29.4 Å². The van der Waals surface area contributed by atoms with Crippen LogP contribution in [0.5, 0.6) is 0 Å². The zero-order valence-corrected chi connectivity index (χ0v) is 44.3. The summed E-state index contributed by atoms with van der Waals surface area (Å²) < 4.78 is 66.4. The molecule has 0 radical (unpaired) electrons. The van der Waals surface area contributed by atoms with Crippen molar-refractivity contribution in [1.82, 2.24) is 9.80 Å². The number of rotatable bonds is 15. The van der Waals surface area contributed by atoms with E-state index < -0.39 is 114 Å². The average molecular weight is 1010 g/mol. The number of carbonyl (C=O) groups excluding carboxylic acids is 3. The Hall–Kier alpha value is -2.51. The monoisotopic (exact) mass is 1010 g/mol. The van der Waals surface area contributed by atoms with Crippen LogP contribution in [-0.2, 0) is 53.9 Å². The number of aliphatic hydroxyl groups excluding tert-OH is 2. The van der Waals surface area contributed by atoms with E-state index in [0.717, 1.165) is 13.1 Å². The maximum Gasteiger partial charge on any atom is 0.410 e. The molecule has 7 rings (SSSR count). The van der Waals surface area contributed by atoms with Gasteiger partial charge in [-0.25, -0.2) is 9.18 Å². The molecule has 4 heterocycles. The number of ether oxygens (including phenoxy) is 8. The largest absolute Gasteiger partial charge is 0.458 e. The fourth-order valence-electron chi connectivity index (χ4n) is 12.3. The van der Waals surface area contributed by atoms with Crippen molar-refractivity contribution in [2.45, 2.75) is 211 Å². The number of methoxy groups -OCH3 is 2. The summed E-state index contributed by atoms with van der Waals surface area (Å²) in [5.41, 5.74) is -3.16. The van der Waals surface area contributed by atoms with Gasteiger partial charge in [0.1, 0.15) is 29.9 Å². The topological polar surface area (TPSA) is 172 Å². The summed E-state index contributed by atoms with van der Waals surface area (Å²) in [6.45, 7) is 20.1. The van der Waals surface area contributed by atoms with Gasteiger partial charge in [-0.1, -0.05) is 45.4 Å². The van der Waals surface area contributed by atoms with Gasteiger partial charge in [-0.05, 0) is 122 Å². The molecule has 2 unspecified atom stereocenters. The number of fused-ring (bicyclic) bond motifs is 1. The maximum atomic E-state index is 15.2. The van der Waals surface area contributed by atoms with Gasteiger partial charge in [0.15, 0.2) is 18.2 Å². The molecule has 0 aromatic heterocycles. The fourth-order valence-corrected chi connectivity index (χ4v) is 12.5. The third-order valence-electron chi connectivity index (χ3n) is 16.9. The van der Waals surface area contributed by atoms with E-state index in [4.69, 9.17) is 49.5 Å². The van der Waals surface area contributed by atoms with Crippen molar-refractivity contribution in [3.05, 3.63) is 34.6 Å². The molecule has 4 saturated heterocycles. The first-order chi connectivity index (χ1) is 33.0. The molecule has 4 aliphatic heterocycles. The number of carbonyl (C=O) groups is 3. The molecule has 1 aromatic carbocycles. The van der Waals surface area contributed by atoms with Crippen LogP contribution < -0.4 is 0 Å². The van der Waals surface area contributed by atoms with Gasteiger partial charge in [0, 0.05) is 64.1 Å². The van der Waals surface area contributed by atoms with E-state index in [2.05, 4.69) is 4.90 Å². The van der Waals surface area contributed by atoms with Crippen LogP contribution >= 0.6 is 11.6 Å². The molecule has 0 bridgehead atoms. The molecule has 2 aliphatic carbocycles. The minimum atomic E-state index is -1.49. The van der Waals surface area contributed by atoms with Crippen molar-refractivity contribution in [2.75, 3.05) is 33.9 Å². The van der Waals surface area contributed by atoms with E-state index in [1.165, 1.54) is 49.8 Å². The van der Waals surface area contributed by atoms with Gasteiger partial charge in [0.25, 0.3) is 0 Å². The Kier molecular flexibility index (Phi) is 17.5. The molecule has 1 aromatic rings. The molecule has 396 valence electrons. The lowest BCUT2D eigenvalue weighted by Crippen LogP contribution is -2.62. The van der Waals surface area contributed by atoms with Crippen LogP contribution in [0.25, 0.3) is 0 Å². The van der Waals surface area contributed by atoms with Gasteiger partial charge >= 0.3 is 12.1 Å². The average Bonchev–Trinajstić information content (AvgIpc) is 4.27. The first kappa shape index (κ1) is 55.2. The SMILES string of the molecule is CC[C@H]1OC(=O)[C@H](C)[C@@H](OC2C[C@@](C)(OC)[C@@H](O)[C@H](C)O2)[C@H](C)[C@@H](OC2O[C@H](C)C[C@H](N(CC3CC3)CC3CC3)[C@H]2O)[C@@](C)(OC)C[C@@H](C)C(=O)[C@H](C)[C@H]2N(CCc3ccc(F)c(Cl)c3)C(=O)O[C@]12C. The lowest BCUT2D eigenvalue weighted by molar-refractivity contribution is -0.320. The first-order valence-electron chi connectivity index (χ1n) is 26.0. The number of ketones is 1. The molecule has 0 spiro atoms. The molecule has 2 N–H and O–H groups in total. The molecule has 2 saturated carbocycles. The number of esters is 1. The van der Waals surface area contributed by atoms with Crippen LogP contribution in [0.2, 0.25) is 5.02 Å². The predicted molar refractivity (Wildman–Crippen MR) is 258 cm³/mol. The molecule has 1 amide bonds. The number of aliphatic hydroxyl groups is 2. The second-order valence-electron chi connectivity index (χ2n) is 22.5. The summed E-state index contributed by atoms with van der Waals surface area (Å²) in [5, 5.41) is 23.6. The van der Waals surface area contributed by atoms with Crippen LogP contribution in [0.1, 0.15) is 126 Å². The third kappa shape index (κ3) is 11.7. The van der Waals surface area contributed by atoms with Crippen molar-refractivity contribution in [2.24, 2.45) is 35.5 Å². The van der Waals surface area contributed by atoms with Gasteiger partial charge in [0.2, 0.25) is 0 Å². The second-order valence-corrected chi connectivity index (χ2v) is 22.9. The van der Waals surface area contributed by atoms with Crippen LogP contribution in [0.4, 0.5) is 9.18 Å². The normalized spacial score (nSPS) is 42.3. The zero-order chi connectivity index (χ0) is 51.2. The minimum Gasteiger partial charge on any atom is -0.458 e. The number of hydrogen-bond donors (Lipinski definition) is 2. The van der Waals surface area contributed by atoms with Gasteiger partial charge in [-0.15, -0.1) is 0 Å². The zero-order valence-electron chi connectivity index (χ0n) is 43.6. The van der Waals surface area contributed by atoms with E-state index in [0.29, 0.717) is 23.8 Å². The second kappa shape index (κ2) is 22.1. The highest BCUT2D eigenvalue weighted by atomic mass is 35.5. The van der Waals surface area contributed by atoms with Gasteiger partial charge < -0.3 is 48.1 Å². The number of benzene rings is 1. The Balaban J connectivity index is 1.29. The van der Waals surface area contributed by atoms with E-state index in [1.807, 2.05) is 34.6 Å². The number of hydrogen-bond acceptors (Lipinski definition) is 14. The van der Waals surface area contributed by atoms with Crippen LogP contribution in [0.15, 0.2) is 18.2 Å². The number of halogens is 2. The molecule has 18 atom stereocenters. The van der Waals surface area contributed by atoms with Crippen molar-refractivity contribution in [3.8, 4) is 0 Å². The molecule has 6 fully saturated rings. The number of Topliss-reactive ketones (excluding diaryl/α,β-unsaturated/α-hetero) is 1. The summed E-state index contributed by atoms with van der Waals surface area (Å²) >= 11 is 6.15.